The van der Waals surface area contributed by atoms with Gasteiger partial charge in [0.05, 0.1) is 0 Å². The van der Waals surface area contributed by atoms with E-state index in [1.807, 2.05) is 0 Å². The van der Waals surface area contributed by atoms with Crippen LogP contribution in [0.2, 0.25) is 0 Å². The molecule has 2 aliphatic carbocycles. The summed E-state index contributed by atoms with van der Waals surface area (Å²) in [5, 5.41) is 3.48. The fourth-order valence-corrected chi connectivity index (χ4v) is 3.07. The summed E-state index contributed by atoms with van der Waals surface area (Å²) in [4.78, 5) is 12.6. The maximum atomic E-state index is 12.6. The first-order chi connectivity index (χ1) is 9.29. The van der Waals surface area contributed by atoms with Crippen LogP contribution < -0.4 is 10.9 Å². The van der Waals surface area contributed by atoms with Gasteiger partial charge in [0.15, 0.2) is 0 Å². The standard InChI is InChI=1S/C16H24N2O/c1-2-9-18-15-6-4-3-5-12(15)10-13(16(18)19)11-17-14-7-8-14/h10,14,17H,2-9,11H2,1H3. The summed E-state index contributed by atoms with van der Waals surface area (Å²) in [6, 6.07) is 2.84. The zero-order valence-corrected chi connectivity index (χ0v) is 11.9. The molecule has 1 aromatic heterocycles. The summed E-state index contributed by atoms with van der Waals surface area (Å²) in [5.41, 5.74) is 3.96. The third kappa shape index (κ3) is 2.76. The second-order valence-corrected chi connectivity index (χ2v) is 5.96. The summed E-state index contributed by atoms with van der Waals surface area (Å²) in [7, 11) is 0. The van der Waals surface area contributed by atoms with E-state index in [1.54, 1.807) is 0 Å². The minimum absolute atomic E-state index is 0.246. The van der Waals surface area contributed by atoms with E-state index in [0.717, 1.165) is 37.9 Å². The van der Waals surface area contributed by atoms with Crippen LogP contribution in [0.25, 0.3) is 0 Å². The number of hydrogen-bond acceptors (Lipinski definition) is 2. The Morgan fingerprint density at radius 1 is 1.32 bits per heavy atom. The van der Waals surface area contributed by atoms with E-state index in [-0.39, 0.29) is 5.56 Å². The molecule has 0 unspecified atom stereocenters. The highest BCUT2D eigenvalue weighted by Gasteiger charge is 2.22. The first-order valence-corrected chi connectivity index (χ1v) is 7.77. The number of fused-ring (bicyclic) bond motifs is 1. The fraction of sp³-hybridized carbons (Fsp3) is 0.688. The minimum Gasteiger partial charge on any atom is -0.312 e. The lowest BCUT2D eigenvalue weighted by molar-refractivity contribution is 0.555. The largest absolute Gasteiger partial charge is 0.312 e. The zero-order chi connectivity index (χ0) is 13.2. The van der Waals surface area contributed by atoms with Crippen molar-refractivity contribution in [1.29, 1.82) is 0 Å². The molecule has 1 saturated carbocycles. The summed E-state index contributed by atoms with van der Waals surface area (Å²) >= 11 is 0. The molecule has 1 N–H and O–H groups in total. The third-order valence-corrected chi connectivity index (χ3v) is 4.28. The van der Waals surface area contributed by atoms with Crippen LogP contribution in [0.4, 0.5) is 0 Å². The summed E-state index contributed by atoms with van der Waals surface area (Å²) < 4.78 is 2.05. The molecule has 0 atom stereocenters. The third-order valence-electron chi connectivity index (χ3n) is 4.28. The molecule has 1 fully saturated rings. The van der Waals surface area contributed by atoms with E-state index in [2.05, 4.69) is 22.9 Å². The van der Waals surface area contributed by atoms with Crippen LogP contribution in [0.1, 0.15) is 55.8 Å². The minimum atomic E-state index is 0.246. The van der Waals surface area contributed by atoms with Gasteiger partial charge in [-0.15, -0.1) is 0 Å². The van der Waals surface area contributed by atoms with E-state index in [0.29, 0.717) is 6.04 Å². The van der Waals surface area contributed by atoms with Crippen LogP contribution in [-0.2, 0) is 25.9 Å². The zero-order valence-electron chi connectivity index (χ0n) is 11.9. The van der Waals surface area contributed by atoms with Crippen molar-refractivity contribution in [2.24, 2.45) is 0 Å². The van der Waals surface area contributed by atoms with Gasteiger partial charge in [0.1, 0.15) is 0 Å². The van der Waals surface area contributed by atoms with Crippen molar-refractivity contribution < 1.29 is 0 Å². The number of hydrogen-bond donors (Lipinski definition) is 1. The lowest BCUT2D eigenvalue weighted by Gasteiger charge is -2.22. The number of aryl methyl sites for hydroxylation is 1. The Kier molecular flexibility index (Phi) is 3.74. The highest BCUT2D eigenvalue weighted by atomic mass is 16.1. The number of nitrogens with zero attached hydrogens (tertiary/aromatic N) is 1. The van der Waals surface area contributed by atoms with Gasteiger partial charge in [-0.25, -0.2) is 0 Å². The molecule has 0 spiro atoms. The molecule has 19 heavy (non-hydrogen) atoms. The second kappa shape index (κ2) is 5.49. The topological polar surface area (TPSA) is 34.0 Å². The van der Waals surface area contributed by atoms with Crippen molar-refractivity contribution in [1.82, 2.24) is 9.88 Å². The number of nitrogens with one attached hydrogen (secondary N) is 1. The van der Waals surface area contributed by atoms with Crippen molar-refractivity contribution in [2.45, 2.75) is 71.0 Å². The lowest BCUT2D eigenvalue weighted by atomic mass is 9.94. The van der Waals surface area contributed by atoms with E-state index in [1.165, 1.54) is 36.9 Å². The summed E-state index contributed by atoms with van der Waals surface area (Å²) in [6.45, 7) is 3.77. The van der Waals surface area contributed by atoms with Crippen molar-refractivity contribution >= 4 is 0 Å². The van der Waals surface area contributed by atoms with Crippen molar-refractivity contribution in [2.75, 3.05) is 0 Å². The highest BCUT2D eigenvalue weighted by molar-refractivity contribution is 5.29. The van der Waals surface area contributed by atoms with Gasteiger partial charge in [-0.05, 0) is 56.6 Å². The normalized spacial score (nSPS) is 18.4. The Bertz CT molecular complexity index is 514. The Morgan fingerprint density at radius 3 is 2.84 bits per heavy atom. The van der Waals surface area contributed by atoms with E-state index >= 15 is 0 Å². The molecule has 0 saturated heterocycles. The molecule has 3 nitrogen and oxygen atoms in total. The van der Waals surface area contributed by atoms with Gasteiger partial charge < -0.3 is 9.88 Å². The molecule has 0 amide bonds. The maximum Gasteiger partial charge on any atom is 0.255 e. The first kappa shape index (κ1) is 12.9. The molecule has 3 heteroatoms. The smallest absolute Gasteiger partial charge is 0.255 e. The second-order valence-electron chi connectivity index (χ2n) is 5.96. The molecule has 104 valence electrons. The fourth-order valence-electron chi connectivity index (χ4n) is 3.07. The quantitative estimate of drug-likeness (QED) is 0.882. The van der Waals surface area contributed by atoms with Crippen LogP contribution in [0, 0.1) is 0 Å². The molecule has 0 aliphatic heterocycles. The van der Waals surface area contributed by atoms with Gasteiger partial charge in [0, 0.05) is 30.4 Å². The average molecular weight is 260 g/mol. The predicted molar refractivity (Wildman–Crippen MR) is 77.5 cm³/mol. The van der Waals surface area contributed by atoms with Gasteiger partial charge in [0.2, 0.25) is 0 Å². The Morgan fingerprint density at radius 2 is 2.11 bits per heavy atom. The van der Waals surface area contributed by atoms with Gasteiger partial charge >= 0.3 is 0 Å². The van der Waals surface area contributed by atoms with Crippen LogP contribution >= 0.6 is 0 Å². The van der Waals surface area contributed by atoms with Gasteiger partial charge in [0.25, 0.3) is 5.56 Å². The highest BCUT2D eigenvalue weighted by Crippen LogP contribution is 2.22. The Hall–Kier alpha value is -1.09. The van der Waals surface area contributed by atoms with Gasteiger partial charge in [-0.2, -0.15) is 0 Å². The van der Waals surface area contributed by atoms with Gasteiger partial charge in [-0.3, -0.25) is 4.79 Å². The molecule has 1 heterocycles. The molecule has 1 aromatic rings. The maximum absolute atomic E-state index is 12.6. The van der Waals surface area contributed by atoms with Crippen molar-refractivity contribution in [3.8, 4) is 0 Å². The lowest BCUT2D eigenvalue weighted by Crippen LogP contribution is -2.32. The van der Waals surface area contributed by atoms with Crippen LogP contribution in [0.3, 0.4) is 0 Å². The summed E-state index contributed by atoms with van der Waals surface area (Å²) in [5.74, 6) is 0. The van der Waals surface area contributed by atoms with Crippen LogP contribution in [0.5, 0.6) is 0 Å². The SMILES string of the molecule is CCCn1c2c(cc(CNC3CC3)c1=O)CCCC2. The van der Waals surface area contributed by atoms with Crippen LogP contribution in [-0.4, -0.2) is 10.6 Å². The van der Waals surface area contributed by atoms with E-state index in [4.69, 9.17) is 0 Å². The molecule has 0 bridgehead atoms. The molecule has 2 aliphatic rings. The number of aromatic nitrogens is 1. The number of pyridine rings is 1. The van der Waals surface area contributed by atoms with E-state index in [9.17, 15) is 4.79 Å². The summed E-state index contributed by atoms with van der Waals surface area (Å²) in [6.07, 6.45) is 8.31. The molecule has 0 radical (unpaired) electrons. The molecular formula is C16H24N2O. The number of rotatable bonds is 5. The molecule has 3 rings (SSSR count). The van der Waals surface area contributed by atoms with Crippen molar-refractivity contribution in [3.63, 3.8) is 0 Å². The van der Waals surface area contributed by atoms with Crippen molar-refractivity contribution in [3.05, 3.63) is 33.2 Å². The first-order valence-electron chi connectivity index (χ1n) is 7.77. The van der Waals surface area contributed by atoms with E-state index < -0.39 is 0 Å². The van der Waals surface area contributed by atoms with Gasteiger partial charge in [-0.1, -0.05) is 6.92 Å². The monoisotopic (exact) mass is 260 g/mol. The Labute approximate surface area is 115 Å². The molecular weight excluding hydrogens is 236 g/mol. The average Bonchev–Trinajstić information content (AvgIpc) is 3.24. The predicted octanol–water partition coefficient (Wildman–Crippen LogP) is 2.39. The van der Waals surface area contributed by atoms with Crippen LogP contribution in [0.15, 0.2) is 10.9 Å². The Balaban J connectivity index is 1.94. The molecule has 0 aromatic carbocycles.